The van der Waals surface area contributed by atoms with Gasteiger partial charge in [0.25, 0.3) is 0 Å². The van der Waals surface area contributed by atoms with Crippen molar-refractivity contribution in [2.75, 3.05) is 0 Å². The quantitative estimate of drug-likeness (QED) is 0.860. The Balaban J connectivity index is 2.92. The van der Waals surface area contributed by atoms with E-state index < -0.39 is 23.9 Å². The monoisotopic (exact) mass is 276 g/mol. The molecule has 106 valence electrons. The highest BCUT2D eigenvalue weighted by Gasteiger charge is 2.25. The molecule has 6 heteroatoms. The van der Waals surface area contributed by atoms with Crippen LogP contribution in [0.2, 0.25) is 0 Å². The highest BCUT2D eigenvalue weighted by molar-refractivity contribution is 5.97. The molecule has 1 atom stereocenters. The smallest absolute Gasteiger partial charge is 0.330 e. The van der Waals surface area contributed by atoms with Crippen molar-refractivity contribution in [3.05, 3.63) is 48.7 Å². The normalized spacial score (nSPS) is 11.2. The molecule has 0 saturated heterocycles. The minimum atomic E-state index is -1.23. The molecule has 0 fully saturated rings. The second kappa shape index (κ2) is 7.08. The van der Waals surface area contributed by atoms with Gasteiger partial charge in [-0.2, -0.15) is 0 Å². The molecule has 0 radical (unpaired) electrons. The molecule has 1 rings (SSSR count). The first-order valence-electron chi connectivity index (χ1n) is 6.04. The molecule has 0 aliphatic carbocycles. The number of nitrogens with zero attached hydrogens (tertiary/aromatic N) is 1. The summed E-state index contributed by atoms with van der Waals surface area (Å²) in [4.78, 5) is 35.4. The van der Waals surface area contributed by atoms with Gasteiger partial charge >= 0.3 is 12.0 Å². The van der Waals surface area contributed by atoms with E-state index in [9.17, 15) is 19.5 Å². The van der Waals surface area contributed by atoms with Crippen LogP contribution >= 0.6 is 0 Å². The summed E-state index contributed by atoms with van der Waals surface area (Å²) in [6.07, 6.45) is 1.17. The molecular weight excluding hydrogens is 260 g/mol. The molecule has 0 saturated carbocycles. The first-order valence-corrected chi connectivity index (χ1v) is 6.04. The van der Waals surface area contributed by atoms with Crippen molar-refractivity contribution in [3.8, 4) is 0 Å². The number of carbonyl (C=O) groups is 3. The predicted octanol–water partition coefficient (Wildman–Crippen LogP) is 1.90. The van der Waals surface area contributed by atoms with Gasteiger partial charge in [-0.3, -0.25) is 4.79 Å². The van der Waals surface area contributed by atoms with Crippen LogP contribution in [0.3, 0.4) is 0 Å². The van der Waals surface area contributed by atoms with Crippen molar-refractivity contribution >= 4 is 17.9 Å². The molecule has 0 aromatic heterocycles. The zero-order valence-electron chi connectivity index (χ0n) is 11.1. The van der Waals surface area contributed by atoms with Gasteiger partial charge in [-0.05, 0) is 5.56 Å². The van der Waals surface area contributed by atoms with E-state index in [1.165, 1.54) is 0 Å². The number of benzene rings is 1. The van der Waals surface area contributed by atoms with Crippen molar-refractivity contribution in [1.29, 1.82) is 0 Å². The SMILES string of the molecule is C=CN(C(=O)CC)C(=O)NC(C(=O)O)c1ccccc1. The molecule has 1 unspecified atom stereocenters. The molecule has 6 nitrogen and oxygen atoms in total. The summed E-state index contributed by atoms with van der Waals surface area (Å²) in [7, 11) is 0. The zero-order valence-corrected chi connectivity index (χ0v) is 11.1. The minimum absolute atomic E-state index is 0.114. The minimum Gasteiger partial charge on any atom is -0.479 e. The van der Waals surface area contributed by atoms with Crippen molar-refractivity contribution < 1.29 is 19.5 Å². The Morgan fingerprint density at radius 3 is 2.40 bits per heavy atom. The molecule has 0 heterocycles. The first-order chi connectivity index (χ1) is 9.51. The maximum Gasteiger partial charge on any atom is 0.330 e. The van der Waals surface area contributed by atoms with Crippen LogP contribution in [0.1, 0.15) is 24.9 Å². The van der Waals surface area contributed by atoms with Crippen LogP contribution in [0, 0.1) is 0 Å². The summed E-state index contributed by atoms with van der Waals surface area (Å²) in [5.41, 5.74) is 0.418. The third-order valence-electron chi connectivity index (χ3n) is 2.62. The number of carboxylic acids is 1. The van der Waals surface area contributed by atoms with Crippen LogP contribution in [-0.2, 0) is 9.59 Å². The van der Waals surface area contributed by atoms with Crippen molar-refractivity contribution in [1.82, 2.24) is 10.2 Å². The molecule has 2 N–H and O–H groups in total. The Bertz CT molecular complexity index is 513. The van der Waals surface area contributed by atoms with Gasteiger partial charge in [-0.1, -0.05) is 43.8 Å². The maximum atomic E-state index is 11.9. The van der Waals surface area contributed by atoms with E-state index in [1.807, 2.05) is 0 Å². The van der Waals surface area contributed by atoms with Gasteiger partial charge in [0, 0.05) is 12.6 Å². The second-order valence-electron chi connectivity index (χ2n) is 3.93. The summed E-state index contributed by atoms with van der Waals surface area (Å²) in [6.45, 7) is 4.97. The fraction of sp³-hybridized carbons (Fsp3) is 0.214. The molecule has 3 amide bonds. The third-order valence-corrected chi connectivity index (χ3v) is 2.62. The third kappa shape index (κ3) is 3.68. The number of imide groups is 1. The molecule has 0 bridgehead atoms. The van der Waals surface area contributed by atoms with Gasteiger partial charge < -0.3 is 10.4 Å². The Labute approximate surface area is 116 Å². The van der Waals surface area contributed by atoms with Crippen LogP contribution in [-0.4, -0.2) is 27.9 Å². The topological polar surface area (TPSA) is 86.7 Å². The molecule has 1 aromatic rings. The van der Waals surface area contributed by atoms with Crippen molar-refractivity contribution in [2.24, 2.45) is 0 Å². The van der Waals surface area contributed by atoms with E-state index in [0.29, 0.717) is 5.56 Å². The lowest BCUT2D eigenvalue weighted by Gasteiger charge is -2.20. The van der Waals surface area contributed by atoms with Gasteiger partial charge in [0.1, 0.15) is 0 Å². The number of carbonyl (C=O) groups excluding carboxylic acids is 2. The van der Waals surface area contributed by atoms with E-state index in [2.05, 4.69) is 11.9 Å². The molecular formula is C14H16N2O4. The summed E-state index contributed by atoms with van der Waals surface area (Å²) >= 11 is 0. The number of nitrogens with one attached hydrogen (secondary N) is 1. The standard InChI is InChI=1S/C14H16N2O4/c1-3-11(17)16(4-2)14(20)15-12(13(18)19)10-8-6-5-7-9-10/h4-9,12H,2-3H2,1H3,(H,15,20)(H,18,19). The molecule has 0 spiro atoms. The number of hydrogen-bond donors (Lipinski definition) is 2. The van der Waals surface area contributed by atoms with Gasteiger partial charge in [0.05, 0.1) is 0 Å². The number of amides is 3. The Morgan fingerprint density at radius 2 is 1.95 bits per heavy atom. The van der Waals surface area contributed by atoms with E-state index in [4.69, 9.17) is 0 Å². The Morgan fingerprint density at radius 1 is 1.35 bits per heavy atom. The zero-order chi connectivity index (χ0) is 15.1. The largest absolute Gasteiger partial charge is 0.479 e. The van der Waals surface area contributed by atoms with Gasteiger partial charge in [0.15, 0.2) is 6.04 Å². The summed E-state index contributed by atoms with van der Waals surface area (Å²) < 4.78 is 0. The molecule has 0 aliphatic heterocycles. The summed E-state index contributed by atoms with van der Waals surface area (Å²) in [5.74, 6) is -1.67. The molecule has 20 heavy (non-hydrogen) atoms. The number of urea groups is 1. The maximum absolute atomic E-state index is 11.9. The Hall–Kier alpha value is -2.63. The average molecular weight is 276 g/mol. The number of aliphatic carboxylic acids is 1. The lowest BCUT2D eigenvalue weighted by atomic mass is 10.1. The van der Waals surface area contributed by atoms with Crippen molar-refractivity contribution in [3.63, 3.8) is 0 Å². The van der Waals surface area contributed by atoms with Crippen LogP contribution in [0.4, 0.5) is 4.79 Å². The number of rotatable bonds is 5. The van der Waals surface area contributed by atoms with Gasteiger partial charge in [-0.25, -0.2) is 14.5 Å². The van der Waals surface area contributed by atoms with Crippen LogP contribution in [0.5, 0.6) is 0 Å². The highest BCUT2D eigenvalue weighted by Crippen LogP contribution is 2.13. The van der Waals surface area contributed by atoms with Gasteiger partial charge in [-0.15, -0.1) is 0 Å². The summed E-state index contributed by atoms with van der Waals surface area (Å²) in [5, 5.41) is 11.5. The predicted molar refractivity (Wildman–Crippen MR) is 72.7 cm³/mol. The lowest BCUT2D eigenvalue weighted by Crippen LogP contribution is -2.43. The fourth-order valence-electron chi connectivity index (χ4n) is 1.59. The van der Waals surface area contributed by atoms with E-state index in [1.54, 1.807) is 37.3 Å². The summed E-state index contributed by atoms with van der Waals surface area (Å²) in [6, 6.07) is 6.19. The number of carboxylic acid groups (broad SMARTS) is 1. The van der Waals surface area contributed by atoms with Crippen molar-refractivity contribution in [2.45, 2.75) is 19.4 Å². The van der Waals surface area contributed by atoms with E-state index in [0.717, 1.165) is 11.1 Å². The van der Waals surface area contributed by atoms with E-state index in [-0.39, 0.29) is 6.42 Å². The van der Waals surface area contributed by atoms with Crippen LogP contribution < -0.4 is 5.32 Å². The average Bonchev–Trinajstić information content (AvgIpc) is 2.45. The number of hydrogen-bond acceptors (Lipinski definition) is 3. The molecule has 1 aromatic carbocycles. The van der Waals surface area contributed by atoms with Gasteiger partial charge in [0.2, 0.25) is 5.91 Å². The van der Waals surface area contributed by atoms with Crippen LogP contribution in [0.25, 0.3) is 0 Å². The second-order valence-corrected chi connectivity index (χ2v) is 3.93. The van der Waals surface area contributed by atoms with Crippen LogP contribution in [0.15, 0.2) is 43.1 Å². The fourth-order valence-corrected chi connectivity index (χ4v) is 1.59. The first kappa shape index (κ1) is 15.4. The highest BCUT2D eigenvalue weighted by atomic mass is 16.4. The Kier molecular flexibility index (Phi) is 5.46. The van der Waals surface area contributed by atoms with E-state index >= 15 is 0 Å². The lowest BCUT2D eigenvalue weighted by molar-refractivity contribution is -0.139. The molecule has 0 aliphatic rings.